The molecule has 7 heteroatoms. The molecule has 0 aliphatic carbocycles. The standard InChI is InChI=1S/C18H22N4O2S/c1-12-19-10-14(11-20-13(2)23)18(21-12)16-6-3-7-22(16)17(24)9-15-5-4-8-25-15/h4-5,8,10,16H,3,6-7,9,11H2,1-2H3,(H,20,23)/t16-/m1/s1. The van der Waals surface area contributed by atoms with Crippen molar-refractivity contribution in [1.82, 2.24) is 20.2 Å². The van der Waals surface area contributed by atoms with Crippen LogP contribution in [0, 0.1) is 6.92 Å². The minimum absolute atomic E-state index is 0.0436. The second kappa shape index (κ2) is 7.74. The Morgan fingerprint density at radius 1 is 1.44 bits per heavy atom. The summed E-state index contributed by atoms with van der Waals surface area (Å²) in [5.74, 6) is 0.717. The van der Waals surface area contributed by atoms with Gasteiger partial charge in [-0.3, -0.25) is 9.59 Å². The number of hydrogen-bond donors (Lipinski definition) is 1. The van der Waals surface area contributed by atoms with Gasteiger partial charge in [-0.25, -0.2) is 9.97 Å². The molecule has 0 radical (unpaired) electrons. The summed E-state index contributed by atoms with van der Waals surface area (Å²) in [7, 11) is 0. The zero-order valence-corrected chi connectivity index (χ0v) is 15.3. The number of nitrogens with one attached hydrogen (secondary N) is 1. The highest BCUT2D eigenvalue weighted by molar-refractivity contribution is 7.10. The van der Waals surface area contributed by atoms with E-state index in [0.29, 0.717) is 18.8 Å². The van der Waals surface area contributed by atoms with Gasteiger partial charge in [0.05, 0.1) is 18.2 Å². The monoisotopic (exact) mass is 358 g/mol. The van der Waals surface area contributed by atoms with Crippen molar-refractivity contribution in [3.8, 4) is 0 Å². The molecule has 1 N–H and O–H groups in total. The van der Waals surface area contributed by atoms with Crippen LogP contribution >= 0.6 is 11.3 Å². The van der Waals surface area contributed by atoms with Crippen LogP contribution in [0.1, 0.15) is 47.8 Å². The van der Waals surface area contributed by atoms with Gasteiger partial charge in [0.1, 0.15) is 5.82 Å². The van der Waals surface area contributed by atoms with E-state index < -0.39 is 0 Å². The fraction of sp³-hybridized carbons (Fsp3) is 0.444. The van der Waals surface area contributed by atoms with Gasteiger partial charge in [-0.1, -0.05) is 6.07 Å². The van der Waals surface area contributed by atoms with Crippen molar-refractivity contribution in [2.75, 3.05) is 6.54 Å². The number of hydrogen-bond acceptors (Lipinski definition) is 5. The smallest absolute Gasteiger partial charge is 0.228 e. The number of thiophene rings is 1. The molecule has 132 valence electrons. The molecule has 1 atom stereocenters. The number of carbonyl (C=O) groups excluding carboxylic acids is 2. The number of aryl methyl sites for hydroxylation is 1. The molecule has 1 fully saturated rings. The molecule has 2 aromatic heterocycles. The van der Waals surface area contributed by atoms with Crippen LogP contribution in [-0.2, 0) is 22.6 Å². The van der Waals surface area contributed by atoms with Crippen molar-refractivity contribution in [3.05, 3.63) is 45.7 Å². The van der Waals surface area contributed by atoms with Crippen molar-refractivity contribution >= 4 is 23.2 Å². The highest BCUT2D eigenvalue weighted by atomic mass is 32.1. The Morgan fingerprint density at radius 2 is 2.28 bits per heavy atom. The van der Waals surface area contributed by atoms with E-state index in [9.17, 15) is 9.59 Å². The zero-order valence-electron chi connectivity index (χ0n) is 14.5. The van der Waals surface area contributed by atoms with E-state index in [1.807, 2.05) is 29.3 Å². The van der Waals surface area contributed by atoms with Crippen molar-refractivity contribution in [2.45, 2.75) is 45.7 Å². The van der Waals surface area contributed by atoms with Gasteiger partial charge in [-0.05, 0) is 31.2 Å². The first-order valence-corrected chi connectivity index (χ1v) is 9.31. The molecule has 0 unspecified atom stereocenters. The van der Waals surface area contributed by atoms with E-state index in [0.717, 1.165) is 35.5 Å². The van der Waals surface area contributed by atoms with E-state index in [-0.39, 0.29) is 17.9 Å². The minimum Gasteiger partial charge on any atom is -0.352 e. The van der Waals surface area contributed by atoms with Crippen molar-refractivity contribution in [1.29, 1.82) is 0 Å². The SMILES string of the molecule is CC(=O)NCc1cnc(C)nc1[C@H]1CCCN1C(=O)Cc1cccs1. The molecule has 3 rings (SSSR count). The lowest BCUT2D eigenvalue weighted by Crippen LogP contribution is -2.33. The van der Waals surface area contributed by atoms with Crippen LogP contribution in [0.25, 0.3) is 0 Å². The molecule has 2 aromatic rings. The van der Waals surface area contributed by atoms with Gasteiger partial charge in [-0.15, -0.1) is 11.3 Å². The van der Waals surface area contributed by atoms with Gasteiger partial charge in [0, 0.05) is 36.7 Å². The molecule has 1 aliphatic heterocycles. The number of amides is 2. The quantitative estimate of drug-likeness (QED) is 0.890. The molecule has 0 spiro atoms. The van der Waals surface area contributed by atoms with Crippen LogP contribution in [-0.4, -0.2) is 33.2 Å². The Balaban J connectivity index is 1.82. The third kappa shape index (κ3) is 4.22. The maximum absolute atomic E-state index is 12.8. The Bertz CT molecular complexity index is 760. The molecule has 25 heavy (non-hydrogen) atoms. The van der Waals surface area contributed by atoms with E-state index in [2.05, 4.69) is 15.3 Å². The van der Waals surface area contributed by atoms with Crippen molar-refractivity contribution in [3.63, 3.8) is 0 Å². The van der Waals surface area contributed by atoms with Gasteiger partial charge >= 0.3 is 0 Å². The average Bonchev–Trinajstić information content (AvgIpc) is 3.24. The van der Waals surface area contributed by atoms with E-state index in [1.165, 1.54) is 6.92 Å². The van der Waals surface area contributed by atoms with Crippen LogP contribution in [0.3, 0.4) is 0 Å². The Morgan fingerprint density at radius 3 is 3.00 bits per heavy atom. The third-order valence-electron chi connectivity index (χ3n) is 4.34. The highest BCUT2D eigenvalue weighted by Gasteiger charge is 2.32. The molecular weight excluding hydrogens is 336 g/mol. The number of nitrogens with zero attached hydrogens (tertiary/aromatic N) is 3. The molecule has 0 aromatic carbocycles. The summed E-state index contributed by atoms with van der Waals surface area (Å²) in [4.78, 5) is 35.9. The number of likely N-dealkylation sites (tertiary alicyclic amines) is 1. The summed E-state index contributed by atoms with van der Waals surface area (Å²) in [6.07, 6.45) is 4.04. The average molecular weight is 358 g/mol. The van der Waals surface area contributed by atoms with E-state index >= 15 is 0 Å². The molecule has 0 bridgehead atoms. The first-order valence-electron chi connectivity index (χ1n) is 8.43. The molecule has 2 amide bonds. The zero-order chi connectivity index (χ0) is 17.8. The first kappa shape index (κ1) is 17.5. The minimum atomic E-state index is -0.0939. The van der Waals surface area contributed by atoms with Gasteiger partial charge in [-0.2, -0.15) is 0 Å². The summed E-state index contributed by atoms with van der Waals surface area (Å²) < 4.78 is 0. The number of rotatable bonds is 5. The summed E-state index contributed by atoms with van der Waals surface area (Å²) >= 11 is 1.60. The molecule has 6 nitrogen and oxygen atoms in total. The van der Waals surface area contributed by atoms with Crippen LogP contribution in [0.4, 0.5) is 0 Å². The Hall–Kier alpha value is -2.28. The van der Waals surface area contributed by atoms with Crippen LogP contribution < -0.4 is 5.32 Å². The fourth-order valence-corrected chi connectivity index (χ4v) is 3.87. The van der Waals surface area contributed by atoms with Crippen molar-refractivity contribution < 1.29 is 9.59 Å². The van der Waals surface area contributed by atoms with Gasteiger partial charge in [0.25, 0.3) is 0 Å². The molecule has 3 heterocycles. The third-order valence-corrected chi connectivity index (χ3v) is 5.22. The molecule has 1 saturated heterocycles. The maximum Gasteiger partial charge on any atom is 0.228 e. The van der Waals surface area contributed by atoms with E-state index in [1.54, 1.807) is 17.5 Å². The molecule has 1 aliphatic rings. The largest absolute Gasteiger partial charge is 0.352 e. The maximum atomic E-state index is 12.8. The lowest BCUT2D eigenvalue weighted by Gasteiger charge is -2.26. The van der Waals surface area contributed by atoms with E-state index in [4.69, 9.17) is 0 Å². The summed E-state index contributed by atoms with van der Waals surface area (Å²) in [6.45, 7) is 4.46. The first-order chi connectivity index (χ1) is 12.0. The molecular formula is C18H22N4O2S. The van der Waals surface area contributed by atoms with Crippen LogP contribution in [0.5, 0.6) is 0 Å². The fourth-order valence-electron chi connectivity index (χ4n) is 3.17. The van der Waals surface area contributed by atoms with Gasteiger partial charge < -0.3 is 10.2 Å². The number of carbonyl (C=O) groups is 2. The summed E-state index contributed by atoms with van der Waals surface area (Å²) in [5.41, 5.74) is 1.74. The Kier molecular flexibility index (Phi) is 5.43. The predicted molar refractivity (Wildman–Crippen MR) is 96.0 cm³/mol. The highest BCUT2D eigenvalue weighted by Crippen LogP contribution is 2.33. The number of aromatic nitrogens is 2. The van der Waals surface area contributed by atoms with Crippen LogP contribution in [0.2, 0.25) is 0 Å². The summed E-state index contributed by atoms with van der Waals surface area (Å²) in [5, 5.41) is 4.79. The lowest BCUT2D eigenvalue weighted by molar-refractivity contribution is -0.131. The second-order valence-corrected chi connectivity index (χ2v) is 7.27. The van der Waals surface area contributed by atoms with Gasteiger partial charge in [0.15, 0.2) is 0 Å². The normalized spacial score (nSPS) is 16.9. The van der Waals surface area contributed by atoms with Gasteiger partial charge in [0.2, 0.25) is 11.8 Å². The lowest BCUT2D eigenvalue weighted by atomic mass is 10.1. The second-order valence-electron chi connectivity index (χ2n) is 6.24. The predicted octanol–water partition coefficient (Wildman–Crippen LogP) is 2.39. The Labute approximate surface area is 151 Å². The topological polar surface area (TPSA) is 75.2 Å². The van der Waals surface area contributed by atoms with Crippen LogP contribution in [0.15, 0.2) is 23.7 Å². The summed E-state index contributed by atoms with van der Waals surface area (Å²) in [6, 6.07) is 3.91. The van der Waals surface area contributed by atoms with Crippen molar-refractivity contribution in [2.24, 2.45) is 0 Å². The molecule has 0 saturated carbocycles.